The molecule has 0 aliphatic rings. The number of benzene rings is 2. The van der Waals surface area contributed by atoms with E-state index in [-0.39, 0.29) is 12.0 Å². The van der Waals surface area contributed by atoms with Gasteiger partial charge in [0.2, 0.25) is 0 Å². The zero-order valence-corrected chi connectivity index (χ0v) is 13.6. The highest BCUT2D eigenvalue weighted by molar-refractivity contribution is 5.22. The molecule has 22 heavy (non-hydrogen) atoms. The Bertz CT molecular complexity index is 569. The quantitative estimate of drug-likeness (QED) is 0.703. The van der Waals surface area contributed by atoms with Gasteiger partial charge in [-0.05, 0) is 44.2 Å². The van der Waals surface area contributed by atoms with E-state index in [2.05, 4.69) is 55.5 Å². The van der Waals surface area contributed by atoms with Crippen LogP contribution < -0.4 is 0 Å². The van der Waals surface area contributed by atoms with E-state index < -0.39 is 0 Å². The van der Waals surface area contributed by atoms with Crippen molar-refractivity contribution in [3.8, 4) is 0 Å². The number of aliphatic hydroxyl groups excluding tert-OH is 1. The zero-order chi connectivity index (χ0) is 15.8. The van der Waals surface area contributed by atoms with Crippen LogP contribution in [0, 0.1) is 0 Å². The largest absolute Gasteiger partial charge is 0.393 e. The van der Waals surface area contributed by atoms with Gasteiger partial charge in [0.25, 0.3) is 0 Å². The van der Waals surface area contributed by atoms with Crippen LogP contribution in [0.2, 0.25) is 0 Å². The van der Waals surface area contributed by atoms with Crippen LogP contribution in [0.25, 0.3) is 0 Å². The highest BCUT2D eigenvalue weighted by atomic mass is 16.3. The molecule has 2 aromatic carbocycles. The van der Waals surface area contributed by atoms with E-state index in [1.165, 1.54) is 16.7 Å². The topological polar surface area (TPSA) is 20.2 Å². The molecule has 1 N–H and O–H groups in total. The molecule has 0 saturated carbocycles. The Morgan fingerprint density at radius 3 is 2.18 bits per heavy atom. The molecule has 0 amide bonds. The molecule has 0 saturated heterocycles. The fraction of sp³-hybridized carbons (Fsp3) is 0.333. The lowest BCUT2D eigenvalue weighted by molar-refractivity contribution is 0.162. The second-order valence-electron chi connectivity index (χ2n) is 6.03. The number of rotatable bonds is 7. The summed E-state index contributed by atoms with van der Waals surface area (Å²) in [5.74, 6) is 0.174. The standard InChI is InChI=1S/C21H26O/c1-17(13-15-19-9-5-3-6-10-19)14-16-21(18(2)22)20-11-7-4-8-12-20/h3-12,14,18,21-22H,13,15-16H2,1-2H3/b17-14-/t18-,21+/m1/s1. The van der Waals surface area contributed by atoms with E-state index in [0.717, 1.165) is 19.3 Å². The van der Waals surface area contributed by atoms with Gasteiger partial charge >= 0.3 is 0 Å². The van der Waals surface area contributed by atoms with Gasteiger partial charge in [-0.15, -0.1) is 0 Å². The molecule has 0 fully saturated rings. The van der Waals surface area contributed by atoms with Crippen LogP contribution in [-0.4, -0.2) is 11.2 Å². The zero-order valence-electron chi connectivity index (χ0n) is 13.6. The van der Waals surface area contributed by atoms with Crippen molar-refractivity contribution in [2.75, 3.05) is 0 Å². The van der Waals surface area contributed by atoms with Crippen LogP contribution in [-0.2, 0) is 6.42 Å². The van der Waals surface area contributed by atoms with Crippen LogP contribution in [0.15, 0.2) is 72.3 Å². The van der Waals surface area contributed by atoms with E-state index in [0.29, 0.717) is 0 Å². The van der Waals surface area contributed by atoms with Crippen molar-refractivity contribution in [1.82, 2.24) is 0 Å². The van der Waals surface area contributed by atoms with Crippen LogP contribution in [0.3, 0.4) is 0 Å². The van der Waals surface area contributed by atoms with Crippen molar-refractivity contribution in [3.05, 3.63) is 83.4 Å². The molecular formula is C21H26O. The van der Waals surface area contributed by atoms with Crippen LogP contribution in [0.4, 0.5) is 0 Å². The van der Waals surface area contributed by atoms with Crippen molar-refractivity contribution >= 4 is 0 Å². The molecule has 0 bridgehead atoms. The third kappa shape index (κ3) is 5.16. The van der Waals surface area contributed by atoms with Crippen molar-refractivity contribution < 1.29 is 5.11 Å². The van der Waals surface area contributed by atoms with Gasteiger partial charge < -0.3 is 5.11 Å². The van der Waals surface area contributed by atoms with Crippen molar-refractivity contribution in [2.24, 2.45) is 0 Å². The van der Waals surface area contributed by atoms with Crippen molar-refractivity contribution in [2.45, 2.75) is 45.1 Å². The average Bonchev–Trinajstić information content (AvgIpc) is 2.55. The first-order valence-electron chi connectivity index (χ1n) is 8.09. The summed E-state index contributed by atoms with van der Waals surface area (Å²) in [4.78, 5) is 0. The van der Waals surface area contributed by atoms with Crippen LogP contribution >= 0.6 is 0 Å². The summed E-state index contributed by atoms with van der Waals surface area (Å²) in [6.45, 7) is 4.07. The number of aliphatic hydroxyl groups is 1. The van der Waals surface area contributed by atoms with Gasteiger partial charge in [-0.25, -0.2) is 0 Å². The number of allylic oxidation sites excluding steroid dienone is 2. The Labute approximate surface area is 134 Å². The van der Waals surface area contributed by atoms with Crippen LogP contribution in [0.1, 0.15) is 43.7 Å². The minimum absolute atomic E-state index is 0.174. The Morgan fingerprint density at radius 1 is 1.00 bits per heavy atom. The smallest absolute Gasteiger partial charge is 0.0583 e. The van der Waals surface area contributed by atoms with Gasteiger partial charge in [0.1, 0.15) is 0 Å². The molecular weight excluding hydrogens is 268 g/mol. The Balaban J connectivity index is 1.93. The molecule has 0 aromatic heterocycles. The van der Waals surface area contributed by atoms with Crippen molar-refractivity contribution in [3.63, 3.8) is 0 Å². The SMILES string of the molecule is C/C(=C/C[C@H](c1ccccc1)[C@@H](C)O)CCc1ccccc1. The molecule has 2 aromatic rings. The Morgan fingerprint density at radius 2 is 1.59 bits per heavy atom. The van der Waals surface area contributed by atoms with Gasteiger partial charge in [0.05, 0.1) is 6.10 Å². The lowest BCUT2D eigenvalue weighted by Gasteiger charge is -2.19. The third-order valence-corrected chi connectivity index (χ3v) is 4.18. The monoisotopic (exact) mass is 294 g/mol. The summed E-state index contributed by atoms with van der Waals surface area (Å²) in [5.41, 5.74) is 3.99. The molecule has 0 unspecified atom stereocenters. The summed E-state index contributed by atoms with van der Waals surface area (Å²) >= 11 is 0. The highest BCUT2D eigenvalue weighted by Gasteiger charge is 2.15. The number of hydrogen-bond donors (Lipinski definition) is 1. The van der Waals surface area contributed by atoms with E-state index >= 15 is 0 Å². The second-order valence-corrected chi connectivity index (χ2v) is 6.03. The summed E-state index contributed by atoms with van der Waals surface area (Å²) in [6, 6.07) is 20.9. The fourth-order valence-corrected chi connectivity index (χ4v) is 2.73. The molecule has 0 spiro atoms. The summed E-state index contributed by atoms with van der Waals surface area (Å²) in [5, 5.41) is 10.1. The highest BCUT2D eigenvalue weighted by Crippen LogP contribution is 2.25. The molecule has 0 aliphatic carbocycles. The summed E-state index contributed by atoms with van der Waals surface area (Å²) < 4.78 is 0. The Kier molecular flexibility index (Phi) is 6.42. The van der Waals surface area contributed by atoms with Gasteiger partial charge in [-0.2, -0.15) is 0 Å². The van der Waals surface area contributed by atoms with E-state index in [9.17, 15) is 5.11 Å². The minimum atomic E-state index is -0.333. The normalized spacial score (nSPS) is 14.6. The molecule has 1 nitrogen and oxygen atoms in total. The molecule has 0 aliphatic heterocycles. The maximum Gasteiger partial charge on any atom is 0.0583 e. The van der Waals surface area contributed by atoms with Gasteiger partial charge in [0, 0.05) is 5.92 Å². The first-order valence-corrected chi connectivity index (χ1v) is 8.09. The van der Waals surface area contributed by atoms with Crippen LogP contribution in [0.5, 0.6) is 0 Å². The summed E-state index contributed by atoms with van der Waals surface area (Å²) in [6.07, 6.45) is 5.00. The lowest BCUT2D eigenvalue weighted by atomic mass is 9.90. The molecule has 0 radical (unpaired) electrons. The first-order chi connectivity index (χ1) is 10.7. The molecule has 2 rings (SSSR count). The second kappa shape index (κ2) is 8.55. The maximum absolute atomic E-state index is 10.1. The molecule has 2 atom stereocenters. The van der Waals surface area contributed by atoms with E-state index in [1.54, 1.807) is 0 Å². The average molecular weight is 294 g/mol. The molecule has 116 valence electrons. The number of aryl methyl sites for hydroxylation is 1. The lowest BCUT2D eigenvalue weighted by Crippen LogP contribution is -2.14. The Hall–Kier alpha value is -1.86. The minimum Gasteiger partial charge on any atom is -0.393 e. The van der Waals surface area contributed by atoms with E-state index in [4.69, 9.17) is 0 Å². The predicted molar refractivity (Wildman–Crippen MR) is 94.0 cm³/mol. The van der Waals surface area contributed by atoms with Gasteiger partial charge in [-0.1, -0.05) is 72.3 Å². The third-order valence-electron chi connectivity index (χ3n) is 4.18. The van der Waals surface area contributed by atoms with Gasteiger partial charge in [0.15, 0.2) is 0 Å². The van der Waals surface area contributed by atoms with E-state index in [1.807, 2.05) is 25.1 Å². The fourth-order valence-electron chi connectivity index (χ4n) is 2.73. The maximum atomic E-state index is 10.1. The summed E-state index contributed by atoms with van der Waals surface area (Å²) in [7, 11) is 0. The number of hydrogen-bond acceptors (Lipinski definition) is 1. The van der Waals surface area contributed by atoms with Crippen molar-refractivity contribution in [1.29, 1.82) is 0 Å². The first kappa shape index (κ1) is 16.5. The predicted octanol–water partition coefficient (Wildman–Crippen LogP) is 5.12. The van der Waals surface area contributed by atoms with Gasteiger partial charge in [-0.3, -0.25) is 0 Å². The molecule has 0 heterocycles. The molecule has 1 heteroatoms.